The van der Waals surface area contributed by atoms with E-state index in [-0.39, 0.29) is 19.6 Å². The van der Waals surface area contributed by atoms with Gasteiger partial charge in [0.25, 0.3) is 0 Å². The molecule has 1 atom stereocenters. The van der Waals surface area contributed by atoms with Crippen molar-refractivity contribution >= 4 is 18.0 Å². The number of carboxylic acids is 1. The van der Waals surface area contributed by atoms with E-state index in [1.54, 1.807) is 36.4 Å². The van der Waals surface area contributed by atoms with Gasteiger partial charge in [0.05, 0.1) is 6.42 Å². The Labute approximate surface area is 169 Å². The summed E-state index contributed by atoms with van der Waals surface area (Å²) >= 11 is 0. The highest BCUT2D eigenvalue weighted by Crippen LogP contribution is 2.20. The molecular weight excluding hydrogens is 372 g/mol. The topological polar surface area (TPSA) is 105 Å². The predicted molar refractivity (Wildman–Crippen MR) is 108 cm³/mol. The second-order valence-electron chi connectivity index (χ2n) is 6.50. The van der Waals surface area contributed by atoms with Crippen LogP contribution in [0.1, 0.15) is 17.5 Å². The zero-order valence-corrected chi connectivity index (χ0v) is 16.0. The van der Waals surface area contributed by atoms with Gasteiger partial charge in [-0.05, 0) is 11.1 Å². The minimum absolute atomic E-state index is 0.00453. The first-order valence-corrected chi connectivity index (χ1v) is 9.09. The number of carbonyl (C=O) groups is 3. The molecule has 2 aromatic rings. The molecular formula is C22H24N2O5. The average Bonchev–Trinajstić information content (AvgIpc) is 2.71. The number of benzene rings is 2. The first-order valence-electron chi connectivity index (χ1n) is 9.09. The zero-order chi connectivity index (χ0) is 21.1. The van der Waals surface area contributed by atoms with Gasteiger partial charge in [-0.15, -0.1) is 6.58 Å². The van der Waals surface area contributed by atoms with Crippen LogP contribution in [0.3, 0.4) is 0 Å². The van der Waals surface area contributed by atoms with E-state index < -0.39 is 29.9 Å². The minimum Gasteiger partial charge on any atom is -0.481 e. The van der Waals surface area contributed by atoms with Crippen LogP contribution in [-0.2, 0) is 27.4 Å². The van der Waals surface area contributed by atoms with E-state index in [0.717, 1.165) is 5.56 Å². The number of aliphatic carboxylic acids is 1. The highest BCUT2D eigenvalue weighted by molar-refractivity contribution is 5.94. The molecule has 0 aliphatic rings. The third-order valence-corrected chi connectivity index (χ3v) is 4.20. The van der Waals surface area contributed by atoms with Crippen LogP contribution in [0.2, 0.25) is 0 Å². The van der Waals surface area contributed by atoms with Crippen molar-refractivity contribution in [2.45, 2.75) is 25.0 Å². The number of hydrogen-bond donors (Lipinski definition) is 3. The van der Waals surface area contributed by atoms with Gasteiger partial charge in [0.1, 0.15) is 12.1 Å². The molecule has 29 heavy (non-hydrogen) atoms. The molecule has 7 nitrogen and oxygen atoms in total. The van der Waals surface area contributed by atoms with E-state index in [1.165, 1.54) is 6.08 Å². The lowest BCUT2D eigenvalue weighted by molar-refractivity contribution is -0.142. The maximum atomic E-state index is 12.9. The van der Waals surface area contributed by atoms with Gasteiger partial charge in [-0.1, -0.05) is 66.7 Å². The van der Waals surface area contributed by atoms with Crippen LogP contribution >= 0.6 is 0 Å². The van der Waals surface area contributed by atoms with Crippen molar-refractivity contribution in [2.24, 2.45) is 0 Å². The molecule has 0 saturated carbocycles. The Morgan fingerprint density at radius 2 is 1.59 bits per heavy atom. The maximum absolute atomic E-state index is 12.9. The van der Waals surface area contributed by atoms with Gasteiger partial charge in [0, 0.05) is 13.0 Å². The molecule has 0 bridgehead atoms. The number of nitrogens with one attached hydrogen (secondary N) is 2. The summed E-state index contributed by atoms with van der Waals surface area (Å²) in [6, 6.07) is 17.9. The summed E-state index contributed by atoms with van der Waals surface area (Å²) in [5, 5.41) is 14.5. The third-order valence-electron chi connectivity index (χ3n) is 4.20. The molecule has 0 heterocycles. The number of carbonyl (C=O) groups excluding carboxylic acids is 2. The molecule has 0 aliphatic heterocycles. The second-order valence-corrected chi connectivity index (χ2v) is 6.50. The van der Waals surface area contributed by atoms with E-state index in [9.17, 15) is 19.5 Å². The lowest BCUT2D eigenvalue weighted by Crippen LogP contribution is -2.61. The van der Waals surface area contributed by atoms with Crippen molar-refractivity contribution in [1.82, 2.24) is 10.6 Å². The molecule has 0 unspecified atom stereocenters. The summed E-state index contributed by atoms with van der Waals surface area (Å²) in [5.74, 6) is -1.85. The third kappa shape index (κ3) is 6.80. The van der Waals surface area contributed by atoms with Crippen molar-refractivity contribution in [1.29, 1.82) is 0 Å². The average molecular weight is 396 g/mol. The van der Waals surface area contributed by atoms with Crippen molar-refractivity contribution in [3.05, 3.63) is 84.4 Å². The van der Waals surface area contributed by atoms with Crippen LogP contribution < -0.4 is 10.6 Å². The number of amides is 2. The summed E-state index contributed by atoms with van der Waals surface area (Å²) in [5.41, 5.74) is -0.249. The summed E-state index contributed by atoms with van der Waals surface area (Å²) in [4.78, 5) is 36.9. The number of alkyl carbamates (subject to hydrolysis) is 1. The fourth-order valence-electron chi connectivity index (χ4n) is 2.86. The molecule has 152 valence electrons. The fourth-order valence-corrected chi connectivity index (χ4v) is 2.86. The quantitative estimate of drug-likeness (QED) is 0.536. The van der Waals surface area contributed by atoms with Crippen molar-refractivity contribution in [3.63, 3.8) is 0 Å². The maximum Gasteiger partial charge on any atom is 0.408 e. The standard InChI is InChI=1S/C22H24N2O5/c1-2-13-23-20(27)22(15-19(25)26,14-17-9-5-3-6-10-17)24-21(28)29-16-18-11-7-4-8-12-18/h2-12H,1,13-16H2,(H,23,27)(H,24,28)(H,25,26)/t22-/m0/s1. The van der Waals surface area contributed by atoms with Gasteiger partial charge in [0.15, 0.2) is 0 Å². The summed E-state index contributed by atoms with van der Waals surface area (Å²) < 4.78 is 5.21. The molecule has 0 saturated heterocycles. The Morgan fingerprint density at radius 3 is 2.14 bits per heavy atom. The van der Waals surface area contributed by atoms with Gasteiger partial charge in [-0.3, -0.25) is 9.59 Å². The van der Waals surface area contributed by atoms with E-state index in [4.69, 9.17) is 4.74 Å². The first kappa shape index (κ1) is 21.7. The number of rotatable bonds is 10. The Balaban J connectivity index is 2.24. The molecule has 2 aromatic carbocycles. The Kier molecular flexibility index (Phi) is 7.97. The van der Waals surface area contributed by atoms with Crippen LogP contribution in [0.5, 0.6) is 0 Å². The number of hydrogen-bond acceptors (Lipinski definition) is 4. The fraction of sp³-hybridized carbons (Fsp3) is 0.227. The monoisotopic (exact) mass is 396 g/mol. The molecule has 0 aliphatic carbocycles. The van der Waals surface area contributed by atoms with Crippen LogP contribution in [0, 0.1) is 0 Å². The Morgan fingerprint density at radius 1 is 1.00 bits per heavy atom. The molecule has 0 radical (unpaired) electrons. The smallest absolute Gasteiger partial charge is 0.408 e. The second kappa shape index (κ2) is 10.7. The van der Waals surface area contributed by atoms with Crippen molar-refractivity contribution < 1.29 is 24.2 Å². The number of ether oxygens (including phenoxy) is 1. The van der Waals surface area contributed by atoms with E-state index in [2.05, 4.69) is 17.2 Å². The molecule has 0 spiro atoms. The van der Waals surface area contributed by atoms with Gasteiger partial charge in [-0.2, -0.15) is 0 Å². The van der Waals surface area contributed by atoms with Gasteiger partial charge in [-0.25, -0.2) is 4.79 Å². The van der Waals surface area contributed by atoms with Crippen LogP contribution in [-0.4, -0.2) is 35.2 Å². The molecule has 2 amide bonds. The molecule has 0 fully saturated rings. The van der Waals surface area contributed by atoms with Crippen LogP contribution in [0.15, 0.2) is 73.3 Å². The highest BCUT2D eigenvalue weighted by Gasteiger charge is 2.42. The van der Waals surface area contributed by atoms with Gasteiger partial charge >= 0.3 is 12.1 Å². The van der Waals surface area contributed by atoms with E-state index in [1.807, 2.05) is 24.3 Å². The Bertz CT molecular complexity index is 839. The van der Waals surface area contributed by atoms with E-state index in [0.29, 0.717) is 5.56 Å². The highest BCUT2D eigenvalue weighted by atomic mass is 16.5. The lowest BCUT2D eigenvalue weighted by Gasteiger charge is -2.32. The Hall–Kier alpha value is -3.61. The van der Waals surface area contributed by atoms with E-state index >= 15 is 0 Å². The molecule has 0 aromatic heterocycles. The molecule has 3 N–H and O–H groups in total. The summed E-state index contributed by atoms with van der Waals surface area (Å²) in [7, 11) is 0. The number of carboxylic acid groups (broad SMARTS) is 1. The summed E-state index contributed by atoms with van der Waals surface area (Å²) in [6.07, 6.45) is -0.0195. The van der Waals surface area contributed by atoms with Crippen molar-refractivity contribution in [3.8, 4) is 0 Å². The van der Waals surface area contributed by atoms with Crippen LogP contribution in [0.4, 0.5) is 4.79 Å². The minimum atomic E-state index is -1.72. The van der Waals surface area contributed by atoms with Gasteiger partial charge in [0.2, 0.25) is 5.91 Å². The predicted octanol–water partition coefficient (Wildman–Crippen LogP) is 2.67. The zero-order valence-electron chi connectivity index (χ0n) is 16.0. The summed E-state index contributed by atoms with van der Waals surface area (Å²) in [6.45, 7) is 3.67. The van der Waals surface area contributed by atoms with Crippen molar-refractivity contribution in [2.75, 3.05) is 6.54 Å². The normalized spacial score (nSPS) is 12.3. The van der Waals surface area contributed by atoms with Gasteiger partial charge < -0.3 is 20.5 Å². The largest absolute Gasteiger partial charge is 0.481 e. The molecule has 2 rings (SSSR count). The SMILES string of the molecule is C=CCNC(=O)[C@@](CC(=O)O)(Cc1ccccc1)NC(=O)OCc1ccccc1. The molecule has 7 heteroatoms. The lowest BCUT2D eigenvalue weighted by atomic mass is 9.86. The van der Waals surface area contributed by atoms with Crippen LogP contribution in [0.25, 0.3) is 0 Å². The first-order chi connectivity index (χ1) is 13.9.